The Balaban J connectivity index is 2.02. The Morgan fingerprint density at radius 1 is 1.30 bits per heavy atom. The third kappa shape index (κ3) is 4.91. The van der Waals surface area contributed by atoms with Crippen molar-refractivity contribution in [1.29, 1.82) is 0 Å². The molecule has 1 saturated heterocycles. The van der Waals surface area contributed by atoms with Gasteiger partial charge in [0.1, 0.15) is 18.8 Å². The van der Waals surface area contributed by atoms with Gasteiger partial charge in [-0.1, -0.05) is 13.8 Å². The molecule has 1 fully saturated rings. The highest BCUT2D eigenvalue weighted by molar-refractivity contribution is 7.89. The molecular formula is C16H27N2O4S+. The number of sulfonamides is 1. The predicted molar refractivity (Wildman–Crippen MR) is 88.7 cm³/mol. The summed E-state index contributed by atoms with van der Waals surface area (Å²) < 4.78 is 38.2. The fourth-order valence-corrected chi connectivity index (χ4v) is 3.75. The van der Waals surface area contributed by atoms with Gasteiger partial charge in [-0.25, -0.2) is 13.1 Å². The lowest BCUT2D eigenvalue weighted by Crippen LogP contribution is -3.14. The van der Waals surface area contributed by atoms with Gasteiger partial charge in [0.2, 0.25) is 10.0 Å². The number of methoxy groups -OCH3 is 1. The molecular weight excluding hydrogens is 316 g/mol. The number of ether oxygens (including phenoxy) is 2. The van der Waals surface area contributed by atoms with Gasteiger partial charge in [0, 0.05) is 0 Å². The van der Waals surface area contributed by atoms with Crippen molar-refractivity contribution in [2.24, 2.45) is 0 Å². The first-order chi connectivity index (χ1) is 10.9. The van der Waals surface area contributed by atoms with Gasteiger partial charge in [0.15, 0.2) is 0 Å². The maximum Gasteiger partial charge on any atom is 0.240 e. The van der Waals surface area contributed by atoms with Gasteiger partial charge in [-0.2, -0.15) is 0 Å². The lowest BCUT2D eigenvalue weighted by molar-refractivity contribution is -0.906. The van der Waals surface area contributed by atoms with Gasteiger partial charge < -0.3 is 14.4 Å². The van der Waals surface area contributed by atoms with E-state index in [1.165, 1.54) is 4.90 Å². The van der Waals surface area contributed by atoms with Crippen LogP contribution in [-0.4, -0.2) is 54.9 Å². The van der Waals surface area contributed by atoms with Crippen molar-refractivity contribution >= 4 is 10.0 Å². The first-order valence-electron chi connectivity index (χ1n) is 8.03. The van der Waals surface area contributed by atoms with Crippen LogP contribution >= 0.6 is 0 Å². The second-order valence-electron chi connectivity index (χ2n) is 6.07. The zero-order valence-corrected chi connectivity index (χ0v) is 14.9. The van der Waals surface area contributed by atoms with Crippen molar-refractivity contribution in [3.8, 4) is 5.75 Å². The summed E-state index contributed by atoms with van der Waals surface area (Å²) in [7, 11) is -1.90. The molecule has 0 unspecified atom stereocenters. The second kappa shape index (κ2) is 8.10. The van der Waals surface area contributed by atoms with Crippen molar-refractivity contribution in [3.63, 3.8) is 0 Å². The normalized spacial score (nSPS) is 16.7. The molecule has 2 N–H and O–H groups in total. The van der Waals surface area contributed by atoms with Crippen molar-refractivity contribution in [2.75, 3.05) is 46.5 Å². The van der Waals surface area contributed by atoms with Gasteiger partial charge in [0.25, 0.3) is 0 Å². The molecule has 23 heavy (non-hydrogen) atoms. The van der Waals surface area contributed by atoms with E-state index >= 15 is 0 Å². The number of morpholine rings is 1. The van der Waals surface area contributed by atoms with Crippen LogP contribution in [0.1, 0.15) is 25.3 Å². The first kappa shape index (κ1) is 18.2. The largest absolute Gasteiger partial charge is 0.496 e. The molecule has 6 nitrogen and oxygen atoms in total. The summed E-state index contributed by atoms with van der Waals surface area (Å²) in [5, 5.41) is 0. The molecule has 0 saturated carbocycles. The first-order valence-corrected chi connectivity index (χ1v) is 9.51. The van der Waals surface area contributed by atoms with E-state index in [-0.39, 0.29) is 5.92 Å². The fraction of sp³-hybridized carbons (Fsp3) is 0.625. The highest BCUT2D eigenvalue weighted by Gasteiger charge is 2.19. The Labute approximate surface area is 138 Å². The van der Waals surface area contributed by atoms with Gasteiger partial charge in [-0.15, -0.1) is 0 Å². The van der Waals surface area contributed by atoms with E-state index in [2.05, 4.69) is 4.72 Å². The molecule has 1 aromatic carbocycles. The molecule has 0 aromatic heterocycles. The van der Waals surface area contributed by atoms with Crippen LogP contribution in [0.3, 0.4) is 0 Å². The van der Waals surface area contributed by atoms with E-state index < -0.39 is 10.0 Å². The Morgan fingerprint density at radius 2 is 2.00 bits per heavy atom. The number of benzene rings is 1. The van der Waals surface area contributed by atoms with E-state index in [1.54, 1.807) is 25.3 Å². The number of hydrogen-bond donors (Lipinski definition) is 2. The molecule has 1 aliphatic heterocycles. The highest BCUT2D eigenvalue weighted by atomic mass is 32.2. The number of rotatable bonds is 7. The molecule has 0 radical (unpaired) electrons. The molecule has 0 spiro atoms. The molecule has 1 aliphatic rings. The van der Waals surface area contributed by atoms with E-state index in [4.69, 9.17) is 9.47 Å². The Kier molecular flexibility index (Phi) is 6.41. The zero-order valence-electron chi connectivity index (χ0n) is 14.1. The molecule has 0 bridgehead atoms. The Hall–Kier alpha value is -1.15. The summed E-state index contributed by atoms with van der Waals surface area (Å²) in [6.07, 6.45) is 0. The lowest BCUT2D eigenvalue weighted by atomic mass is 10.0. The van der Waals surface area contributed by atoms with Gasteiger partial charge in [-0.3, -0.25) is 0 Å². The molecule has 2 rings (SSSR count). The summed E-state index contributed by atoms with van der Waals surface area (Å²) in [5.74, 6) is 0.912. The number of quaternary nitrogens is 1. The number of nitrogens with one attached hydrogen (secondary N) is 2. The minimum atomic E-state index is -3.49. The smallest absolute Gasteiger partial charge is 0.240 e. The van der Waals surface area contributed by atoms with Crippen molar-refractivity contribution in [1.82, 2.24) is 4.72 Å². The average molecular weight is 343 g/mol. The Bertz CT molecular complexity index is 611. The van der Waals surface area contributed by atoms with E-state index in [0.717, 1.165) is 44.2 Å². The van der Waals surface area contributed by atoms with Crippen molar-refractivity contribution < 1.29 is 22.8 Å². The third-order valence-electron chi connectivity index (χ3n) is 4.10. The van der Waals surface area contributed by atoms with Crippen molar-refractivity contribution in [2.45, 2.75) is 24.7 Å². The van der Waals surface area contributed by atoms with Crippen LogP contribution < -0.4 is 14.4 Å². The topological polar surface area (TPSA) is 69.1 Å². The van der Waals surface area contributed by atoms with Crippen LogP contribution in [0.5, 0.6) is 5.75 Å². The van der Waals surface area contributed by atoms with Crippen LogP contribution in [0.2, 0.25) is 0 Å². The minimum Gasteiger partial charge on any atom is -0.496 e. The summed E-state index contributed by atoms with van der Waals surface area (Å²) in [6, 6.07) is 5.01. The fourth-order valence-electron chi connectivity index (χ4n) is 2.69. The Morgan fingerprint density at radius 3 is 2.61 bits per heavy atom. The zero-order chi connectivity index (χ0) is 16.9. The summed E-state index contributed by atoms with van der Waals surface area (Å²) in [4.78, 5) is 1.66. The summed E-state index contributed by atoms with van der Waals surface area (Å²) in [6.45, 7) is 8.60. The lowest BCUT2D eigenvalue weighted by Gasteiger charge is -2.23. The summed E-state index contributed by atoms with van der Waals surface area (Å²) in [5.41, 5.74) is 0.897. The van der Waals surface area contributed by atoms with Crippen LogP contribution in [0, 0.1) is 0 Å². The maximum atomic E-state index is 12.5. The van der Waals surface area contributed by atoms with Crippen molar-refractivity contribution in [3.05, 3.63) is 23.8 Å². The van der Waals surface area contributed by atoms with Crippen LogP contribution in [0.15, 0.2) is 23.1 Å². The summed E-state index contributed by atoms with van der Waals surface area (Å²) >= 11 is 0. The molecule has 130 valence electrons. The van der Waals surface area contributed by atoms with E-state index in [0.29, 0.717) is 11.4 Å². The average Bonchev–Trinajstić information content (AvgIpc) is 2.55. The van der Waals surface area contributed by atoms with Gasteiger partial charge >= 0.3 is 0 Å². The second-order valence-corrected chi connectivity index (χ2v) is 7.84. The van der Waals surface area contributed by atoms with E-state index in [9.17, 15) is 8.42 Å². The number of hydrogen-bond acceptors (Lipinski definition) is 4. The highest BCUT2D eigenvalue weighted by Crippen LogP contribution is 2.28. The van der Waals surface area contributed by atoms with Crippen LogP contribution in [0.25, 0.3) is 0 Å². The monoisotopic (exact) mass is 343 g/mol. The molecule has 0 aliphatic carbocycles. The standard InChI is InChI=1S/C16H26N2O4S/c1-13(2)15-12-14(4-5-16(15)21-3)23(19,20)17-6-7-18-8-10-22-11-9-18/h4-5,12-13,17H,6-11H2,1-3H3/p+1. The molecule has 0 atom stereocenters. The molecule has 1 heterocycles. The molecule has 1 aromatic rings. The predicted octanol–water partition coefficient (Wildman–Crippen LogP) is 0.0120. The van der Waals surface area contributed by atoms with E-state index in [1.807, 2.05) is 13.8 Å². The van der Waals surface area contributed by atoms with Gasteiger partial charge in [0.05, 0.1) is 38.3 Å². The quantitative estimate of drug-likeness (QED) is 0.732. The maximum absolute atomic E-state index is 12.5. The SMILES string of the molecule is COc1ccc(S(=O)(=O)NCC[NH+]2CCOCC2)cc1C(C)C. The van der Waals surface area contributed by atoms with Gasteiger partial charge in [-0.05, 0) is 29.7 Å². The minimum absolute atomic E-state index is 0.192. The van der Waals surface area contributed by atoms with Crippen LogP contribution in [0.4, 0.5) is 0 Å². The van der Waals surface area contributed by atoms with Crippen LogP contribution in [-0.2, 0) is 14.8 Å². The third-order valence-corrected chi connectivity index (χ3v) is 5.56. The molecule has 7 heteroatoms. The molecule has 0 amide bonds.